The third-order valence-corrected chi connectivity index (χ3v) is 5.44. The maximum atomic E-state index is 12.5. The van der Waals surface area contributed by atoms with Gasteiger partial charge in [-0.3, -0.25) is 14.2 Å². The number of carbonyl (C=O) groups is 1. The molecule has 2 heterocycles. The van der Waals surface area contributed by atoms with Gasteiger partial charge in [0.05, 0.1) is 37.2 Å². The maximum absolute atomic E-state index is 12.5. The first kappa shape index (κ1) is 18.4. The monoisotopic (exact) mass is 391 g/mol. The van der Waals surface area contributed by atoms with Crippen LogP contribution in [0.3, 0.4) is 0 Å². The van der Waals surface area contributed by atoms with E-state index in [1.165, 1.54) is 23.0 Å². The summed E-state index contributed by atoms with van der Waals surface area (Å²) in [5.41, 5.74) is 0.975. The van der Waals surface area contributed by atoms with Crippen LogP contribution in [0.25, 0.3) is 10.2 Å². The summed E-state index contributed by atoms with van der Waals surface area (Å²) in [6.45, 7) is -0.0461. The number of aliphatic hydroxyl groups excluding tert-OH is 1. The number of thiophene rings is 1. The van der Waals surface area contributed by atoms with Crippen molar-refractivity contribution in [2.24, 2.45) is 0 Å². The number of fused-ring (bicyclic) bond motifs is 1. The van der Waals surface area contributed by atoms with Crippen LogP contribution in [0.1, 0.15) is 0 Å². The van der Waals surface area contributed by atoms with Crippen molar-refractivity contribution in [1.82, 2.24) is 9.55 Å². The fourth-order valence-corrected chi connectivity index (χ4v) is 4.00. The van der Waals surface area contributed by atoms with E-state index in [0.717, 1.165) is 11.8 Å². The van der Waals surface area contributed by atoms with Crippen LogP contribution in [0.4, 0.5) is 5.69 Å². The predicted octanol–water partition coefficient (Wildman–Crippen LogP) is 2.19. The first-order chi connectivity index (χ1) is 12.6. The lowest BCUT2D eigenvalue weighted by Crippen LogP contribution is -2.25. The van der Waals surface area contributed by atoms with Crippen molar-refractivity contribution in [1.29, 1.82) is 0 Å². The van der Waals surface area contributed by atoms with E-state index in [9.17, 15) is 14.7 Å². The normalized spacial score (nSPS) is 10.8. The molecule has 0 aliphatic heterocycles. The second-order valence-electron chi connectivity index (χ2n) is 5.25. The fraction of sp³-hybridized carbons (Fsp3) is 0.235. The highest BCUT2D eigenvalue weighted by Crippen LogP contribution is 2.24. The van der Waals surface area contributed by atoms with Crippen LogP contribution >= 0.6 is 23.1 Å². The molecule has 1 aromatic carbocycles. The lowest BCUT2D eigenvalue weighted by molar-refractivity contribution is -0.113. The summed E-state index contributed by atoms with van der Waals surface area (Å²) < 4.78 is 7.15. The van der Waals surface area contributed by atoms with Crippen molar-refractivity contribution >= 4 is 44.9 Å². The van der Waals surface area contributed by atoms with Crippen LogP contribution in [0.5, 0.6) is 5.75 Å². The average molecular weight is 391 g/mol. The van der Waals surface area contributed by atoms with Crippen molar-refractivity contribution in [2.45, 2.75) is 11.7 Å². The van der Waals surface area contributed by atoms with Gasteiger partial charge in [0, 0.05) is 0 Å². The molecular weight excluding hydrogens is 374 g/mol. The highest BCUT2D eigenvalue weighted by Gasteiger charge is 2.14. The third-order valence-electron chi connectivity index (χ3n) is 3.57. The minimum absolute atomic E-state index is 0.0750. The Kier molecular flexibility index (Phi) is 5.92. The van der Waals surface area contributed by atoms with E-state index in [1.54, 1.807) is 29.6 Å². The number of carbonyl (C=O) groups excluding carboxylic acids is 1. The standard InChI is InChI=1S/C17H17N3O4S2/c1-24-13-5-3-2-4-11(13)18-14(22)10-26-17-19-12-6-9-25-15(12)16(23)20(17)7-8-21/h2-6,9,21H,7-8,10H2,1H3,(H,18,22). The van der Waals surface area contributed by atoms with E-state index < -0.39 is 0 Å². The zero-order valence-corrected chi connectivity index (χ0v) is 15.6. The Morgan fingerprint density at radius 3 is 2.96 bits per heavy atom. The highest BCUT2D eigenvalue weighted by atomic mass is 32.2. The number of rotatable bonds is 7. The summed E-state index contributed by atoms with van der Waals surface area (Å²) in [5, 5.41) is 14.2. The number of para-hydroxylation sites is 2. The molecule has 0 radical (unpaired) electrons. The van der Waals surface area contributed by atoms with Crippen LogP contribution in [0.15, 0.2) is 45.7 Å². The van der Waals surface area contributed by atoms with E-state index >= 15 is 0 Å². The third kappa shape index (κ3) is 3.90. The van der Waals surface area contributed by atoms with Gasteiger partial charge in [-0.15, -0.1) is 11.3 Å². The fourth-order valence-electron chi connectivity index (χ4n) is 2.40. The van der Waals surface area contributed by atoms with E-state index in [-0.39, 0.29) is 30.4 Å². The summed E-state index contributed by atoms with van der Waals surface area (Å²) in [6.07, 6.45) is 0. The predicted molar refractivity (Wildman–Crippen MR) is 103 cm³/mol. The molecule has 0 unspecified atom stereocenters. The van der Waals surface area contributed by atoms with Crippen LogP contribution in [0.2, 0.25) is 0 Å². The Labute approximate surface area is 157 Å². The number of nitrogens with one attached hydrogen (secondary N) is 1. The second kappa shape index (κ2) is 8.35. The van der Waals surface area contributed by atoms with Gasteiger partial charge in [-0.2, -0.15) is 0 Å². The van der Waals surface area contributed by atoms with Crippen molar-refractivity contribution in [3.8, 4) is 5.75 Å². The molecule has 3 aromatic rings. The van der Waals surface area contributed by atoms with Crippen LogP contribution in [-0.2, 0) is 11.3 Å². The quantitative estimate of drug-likeness (QED) is 0.474. The van der Waals surface area contributed by atoms with E-state index in [4.69, 9.17) is 4.74 Å². The minimum atomic E-state index is -0.241. The Morgan fingerprint density at radius 1 is 1.38 bits per heavy atom. The molecule has 0 atom stereocenters. The first-order valence-corrected chi connectivity index (χ1v) is 9.65. The van der Waals surface area contributed by atoms with Crippen molar-refractivity contribution in [3.63, 3.8) is 0 Å². The van der Waals surface area contributed by atoms with Crippen LogP contribution < -0.4 is 15.6 Å². The number of amides is 1. The molecule has 0 saturated heterocycles. The highest BCUT2D eigenvalue weighted by molar-refractivity contribution is 7.99. The van der Waals surface area contributed by atoms with Gasteiger partial charge in [0.25, 0.3) is 5.56 Å². The summed E-state index contributed by atoms with van der Waals surface area (Å²) in [4.78, 5) is 29.2. The number of nitrogens with zero attached hydrogens (tertiary/aromatic N) is 2. The SMILES string of the molecule is COc1ccccc1NC(=O)CSc1nc2ccsc2c(=O)n1CCO. The van der Waals surface area contributed by atoms with Gasteiger partial charge in [0.1, 0.15) is 10.4 Å². The number of aliphatic hydroxyl groups is 1. The Morgan fingerprint density at radius 2 is 2.19 bits per heavy atom. The maximum Gasteiger partial charge on any atom is 0.272 e. The van der Waals surface area contributed by atoms with E-state index in [0.29, 0.717) is 26.8 Å². The summed E-state index contributed by atoms with van der Waals surface area (Å²) in [6, 6.07) is 8.89. The van der Waals surface area contributed by atoms with Gasteiger partial charge in [-0.25, -0.2) is 4.98 Å². The Hall–Kier alpha value is -2.36. The Balaban J connectivity index is 1.77. The molecule has 2 N–H and O–H groups in total. The van der Waals surface area contributed by atoms with E-state index in [1.807, 2.05) is 6.07 Å². The molecule has 0 spiro atoms. The number of hydrogen-bond donors (Lipinski definition) is 2. The molecule has 2 aromatic heterocycles. The lowest BCUT2D eigenvalue weighted by atomic mass is 10.3. The zero-order valence-electron chi connectivity index (χ0n) is 14.0. The lowest BCUT2D eigenvalue weighted by Gasteiger charge is -2.12. The van der Waals surface area contributed by atoms with Gasteiger partial charge in [-0.05, 0) is 23.6 Å². The molecule has 0 saturated carbocycles. The molecular formula is C17H17N3O4S2. The molecule has 136 valence electrons. The average Bonchev–Trinajstić information content (AvgIpc) is 3.12. The molecule has 1 amide bonds. The number of ether oxygens (including phenoxy) is 1. The van der Waals surface area contributed by atoms with Gasteiger partial charge < -0.3 is 15.2 Å². The summed E-state index contributed by atoms with van der Waals surface area (Å²) in [7, 11) is 1.54. The molecule has 26 heavy (non-hydrogen) atoms. The van der Waals surface area contributed by atoms with Gasteiger partial charge in [0.2, 0.25) is 5.91 Å². The largest absolute Gasteiger partial charge is 0.495 e. The number of aromatic nitrogens is 2. The molecule has 0 fully saturated rings. The van der Waals surface area contributed by atoms with Crippen LogP contribution in [0, 0.1) is 0 Å². The van der Waals surface area contributed by atoms with Gasteiger partial charge >= 0.3 is 0 Å². The number of methoxy groups -OCH3 is 1. The smallest absolute Gasteiger partial charge is 0.272 e. The molecule has 7 nitrogen and oxygen atoms in total. The molecule has 9 heteroatoms. The number of benzene rings is 1. The number of thioether (sulfide) groups is 1. The molecule has 3 rings (SSSR count). The topological polar surface area (TPSA) is 93.5 Å². The molecule has 0 bridgehead atoms. The van der Waals surface area contributed by atoms with Gasteiger partial charge in [0.15, 0.2) is 5.16 Å². The van der Waals surface area contributed by atoms with Gasteiger partial charge in [-0.1, -0.05) is 23.9 Å². The first-order valence-electron chi connectivity index (χ1n) is 7.78. The number of anilines is 1. The van der Waals surface area contributed by atoms with Crippen LogP contribution in [-0.4, -0.2) is 40.0 Å². The zero-order chi connectivity index (χ0) is 18.5. The van der Waals surface area contributed by atoms with E-state index in [2.05, 4.69) is 10.3 Å². The Bertz CT molecular complexity index is 984. The van der Waals surface area contributed by atoms with Crippen molar-refractivity contribution in [2.75, 3.05) is 24.8 Å². The molecule has 0 aliphatic carbocycles. The van der Waals surface area contributed by atoms with Crippen molar-refractivity contribution < 1.29 is 14.6 Å². The van der Waals surface area contributed by atoms with Crippen molar-refractivity contribution in [3.05, 3.63) is 46.1 Å². The number of hydrogen-bond acceptors (Lipinski definition) is 7. The molecule has 0 aliphatic rings. The summed E-state index contributed by atoms with van der Waals surface area (Å²) in [5.74, 6) is 0.404. The second-order valence-corrected chi connectivity index (χ2v) is 7.11. The summed E-state index contributed by atoms with van der Waals surface area (Å²) >= 11 is 2.47. The minimum Gasteiger partial charge on any atom is -0.495 e.